The quantitative estimate of drug-likeness (QED) is 0.641. The van der Waals surface area contributed by atoms with E-state index in [1.807, 2.05) is 13.0 Å². The second-order valence-corrected chi connectivity index (χ2v) is 2.60. The Morgan fingerprint density at radius 2 is 2.33 bits per heavy atom. The van der Waals surface area contributed by atoms with Crippen molar-refractivity contribution >= 4 is 11.5 Å². The molecule has 0 aliphatic rings. The van der Waals surface area contributed by atoms with Crippen molar-refractivity contribution < 1.29 is 0 Å². The van der Waals surface area contributed by atoms with E-state index in [1.54, 1.807) is 6.92 Å². The maximum atomic E-state index is 6.87. The number of aryl methyl sites for hydroxylation is 2. The molecule has 0 fully saturated rings. The first-order valence-electron chi connectivity index (χ1n) is 3.82. The standard InChI is InChI=1S/C9H11N3/c1-4-7-5-8(11-3)6(2)12-9(7)10/h5H,4H2,1-2H3,(H2,10,12). The van der Waals surface area contributed by atoms with Gasteiger partial charge in [0.2, 0.25) is 5.69 Å². The number of aromatic nitrogens is 1. The summed E-state index contributed by atoms with van der Waals surface area (Å²) in [6, 6.07) is 1.81. The summed E-state index contributed by atoms with van der Waals surface area (Å²) in [6.45, 7) is 10.7. The van der Waals surface area contributed by atoms with E-state index in [0.717, 1.165) is 12.0 Å². The van der Waals surface area contributed by atoms with E-state index in [4.69, 9.17) is 12.3 Å². The third-order valence-corrected chi connectivity index (χ3v) is 1.80. The number of hydrogen-bond donors (Lipinski definition) is 1. The Morgan fingerprint density at radius 3 is 2.83 bits per heavy atom. The van der Waals surface area contributed by atoms with E-state index in [0.29, 0.717) is 17.2 Å². The molecule has 0 radical (unpaired) electrons. The Kier molecular flexibility index (Phi) is 2.29. The van der Waals surface area contributed by atoms with Gasteiger partial charge in [-0.1, -0.05) is 6.92 Å². The molecule has 1 aromatic heterocycles. The van der Waals surface area contributed by atoms with Crippen LogP contribution in [0.15, 0.2) is 6.07 Å². The Bertz CT molecular complexity index is 336. The van der Waals surface area contributed by atoms with Crippen LogP contribution >= 0.6 is 0 Å². The molecule has 62 valence electrons. The van der Waals surface area contributed by atoms with Crippen LogP contribution in [0.3, 0.4) is 0 Å². The molecule has 2 N–H and O–H groups in total. The van der Waals surface area contributed by atoms with Gasteiger partial charge in [-0.2, -0.15) is 0 Å². The number of rotatable bonds is 1. The van der Waals surface area contributed by atoms with E-state index >= 15 is 0 Å². The summed E-state index contributed by atoms with van der Waals surface area (Å²) in [5.41, 5.74) is 7.90. The molecule has 0 saturated heterocycles. The zero-order valence-electron chi connectivity index (χ0n) is 7.26. The summed E-state index contributed by atoms with van der Waals surface area (Å²) in [5, 5.41) is 0. The summed E-state index contributed by atoms with van der Waals surface area (Å²) in [4.78, 5) is 7.43. The first-order valence-corrected chi connectivity index (χ1v) is 3.82. The zero-order valence-corrected chi connectivity index (χ0v) is 7.26. The van der Waals surface area contributed by atoms with Gasteiger partial charge in [-0.15, -0.1) is 0 Å². The molecule has 0 unspecified atom stereocenters. The Hall–Kier alpha value is -1.56. The van der Waals surface area contributed by atoms with Crippen LogP contribution in [0.25, 0.3) is 4.85 Å². The second-order valence-electron chi connectivity index (χ2n) is 2.60. The van der Waals surface area contributed by atoms with Gasteiger partial charge in [-0.05, 0) is 25.0 Å². The van der Waals surface area contributed by atoms with E-state index < -0.39 is 0 Å². The van der Waals surface area contributed by atoms with Gasteiger partial charge in [0.15, 0.2) is 0 Å². The molecule has 1 rings (SSSR count). The SMILES string of the molecule is [C-]#[N+]c1cc(CC)c(N)nc1C. The second kappa shape index (κ2) is 3.22. The smallest absolute Gasteiger partial charge is 0.208 e. The molecule has 12 heavy (non-hydrogen) atoms. The number of pyridine rings is 1. The van der Waals surface area contributed by atoms with Crippen molar-refractivity contribution in [1.29, 1.82) is 0 Å². The maximum absolute atomic E-state index is 6.87. The summed E-state index contributed by atoms with van der Waals surface area (Å²) in [6.07, 6.45) is 0.821. The minimum absolute atomic E-state index is 0.544. The third-order valence-electron chi connectivity index (χ3n) is 1.80. The van der Waals surface area contributed by atoms with Gasteiger partial charge in [-0.25, -0.2) is 9.83 Å². The highest BCUT2D eigenvalue weighted by atomic mass is 14.9. The third kappa shape index (κ3) is 1.37. The molecule has 0 amide bonds. The molecule has 1 heterocycles. The summed E-state index contributed by atoms with van der Waals surface area (Å²) in [5.74, 6) is 0.544. The number of hydrogen-bond acceptors (Lipinski definition) is 2. The van der Waals surface area contributed by atoms with Crippen molar-refractivity contribution in [2.45, 2.75) is 20.3 Å². The summed E-state index contributed by atoms with van der Waals surface area (Å²) >= 11 is 0. The van der Waals surface area contributed by atoms with E-state index in [9.17, 15) is 0 Å². The van der Waals surface area contributed by atoms with Crippen molar-refractivity contribution in [3.63, 3.8) is 0 Å². The van der Waals surface area contributed by atoms with E-state index in [-0.39, 0.29) is 0 Å². The van der Waals surface area contributed by atoms with Crippen LogP contribution in [-0.2, 0) is 6.42 Å². The predicted molar refractivity (Wildman–Crippen MR) is 49.0 cm³/mol. The minimum Gasteiger partial charge on any atom is -0.384 e. The molecule has 1 aromatic rings. The molecule has 0 aromatic carbocycles. The van der Waals surface area contributed by atoms with Gasteiger partial charge in [-0.3, -0.25) is 0 Å². The highest BCUT2D eigenvalue weighted by molar-refractivity contribution is 5.56. The largest absolute Gasteiger partial charge is 0.384 e. The van der Waals surface area contributed by atoms with Gasteiger partial charge < -0.3 is 5.73 Å². The van der Waals surface area contributed by atoms with Crippen LogP contribution in [0.1, 0.15) is 18.2 Å². The monoisotopic (exact) mass is 161 g/mol. The highest BCUT2D eigenvalue weighted by Gasteiger charge is 2.04. The number of nitrogen functional groups attached to an aromatic ring is 1. The molecule has 3 nitrogen and oxygen atoms in total. The van der Waals surface area contributed by atoms with Gasteiger partial charge in [0.05, 0.1) is 6.57 Å². The van der Waals surface area contributed by atoms with Crippen molar-refractivity contribution in [3.8, 4) is 0 Å². The minimum atomic E-state index is 0.544. The van der Waals surface area contributed by atoms with Crippen LogP contribution in [0, 0.1) is 13.5 Å². The Balaban J connectivity index is 3.30. The number of nitrogens with zero attached hydrogens (tertiary/aromatic N) is 2. The normalized spacial score (nSPS) is 9.42. The van der Waals surface area contributed by atoms with Crippen LogP contribution in [0.4, 0.5) is 11.5 Å². The van der Waals surface area contributed by atoms with Crippen molar-refractivity contribution in [2.75, 3.05) is 5.73 Å². The molecular formula is C9H11N3. The van der Waals surface area contributed by atoms with Crippen LogP contribution in [0.5, 0.6) is 0 Å². The average molecular weight is 161 g/mol. The lowest BCUT2D eigenvalue weighted by atomic mass is 10.1. The molecule has 0 atom stereocenters. The molecule has 3 heteroatoms. The Labute approximate surface area is 72.1 Å². The number of anilines is 1. The van der Waals surface area contributed by atoms with Gasteiger partial charge in [0.25, 0.3) is 0 Å². The molecule has 0 spiro atoms. The van der Waals surface area contributed by atoms with Crippen LogP contribution < -0.4 is 5.73 Å². The summed E-state index contributed by atoms with van der Waals surface area (Å²) < 4.78 is 0. The summed E-state index contributed by atoms with van der Waals surface area (Å²) in [7, 11) is 0. The van der Waals surface area contributed by atoms with Gasteiger partial charge >= 0.3 is 0 Å². The molecule has 0 saturated carbocycles. The fourth-order valence-corrected chi connectivity index (χ4v) is 1.05. The maximum Gasteiger partial charge on any atom is 0.208 e. The fourth-order valence-electron chi connectivity index (χ4n) is 1.05. The van der Waals surface area contributed by atoms with E-state index in [1.165, 1.54) is 0 Å². The van der Waals surface area contributed by atoms with Crippen molar-refractivity contribution in [1.82, 2.24) is 4.98 Å². The molecule has 0 aliphatic carbocycles. The lowest BCUT2D eigenvalue weighted by Gasteiger charge is -2.04. The molecule has 0 aliphatic heterocycles. The average Bonchev–Trinajstić information content (AvgIpc) is 2.05. The number of nitrogens with two attached hydrogens (primary N) is 1. The molecule has 0 bridgehead atoms. The fraction of sp³-hybridized carbons (Fsp3) is 0.333. The lowest BCUT2D eigenvalue weighted by Crippen LogP contribution is -1.97. The van der Waals surface area contributed by atoms with Crippen molar-refractivity contribution in [3.05, 3.63) is 28.7 Å². The first-order chi connectivity index (χ1) is 5.69. The molecular weight excluding hydrogens is 150 g/mol. The van der Waals surface area contributed by atoms with Crippen LogP contribution in [-0.4, -0.2) is 4.98 Å². The zero-order chi connectivity index (χ0) is 9.14. The highest BCUT2D eigenvalue weighted by Crippen LogP contribution is 2.21. The van der Waals surface area contributed by atoms with Gasteiger partial charge in [0, 0.05) is 5.69 Å². The first kappa shape index (κ1) is 8.54. The predicted octanol–water partition coefficient (Wildman–Crippen LogP) is 2.09. The van der Waals surface area contributed by atoms with Crippen molar-refractivity contribution in [2.24, 2.45) is 0 Å². The van der Waals surface area contributed by atoms with Crippen LogP contribution in [0.2, 0.25) is 0 Å². The lowest BCUT2D eigenvalue weighted by molar-refractivity contribution is 1.09. The van der Waals surface area contributed by atoms with E-state index in [2.05, 4.69) is 9.83 Å². The topological polar surface area (TPSA) is 43.3 Å². The Morgan fingerprint density at radius 1 is 1.67 bits per heavy atom. The van der Waals surface area contributed by atoms with Gasteiger partial charge in [0.1, 0.15) is 5.82 Å².